The second kappa shape index (κ2) is 5.21. The summed E-state index contributed by atoms with van der Waals surface area (Å²) >= 11 is 0. The molecule has 104 valence electrons. The molecule has 2 nitrogen and oxygen atoms in total. The van der Waals surface area contributed by atoms with Gasteiger partial charge < -0.3 is 0 Å². The van der Waals surface area contributed by atoms with Gasteiger partial charge in [0.1, 0.15) is 5.82 Å². The Morgan fingerprint density at radius 3 is 2.19 bits per heavy atom. The van der Waals surface area contributed by atoms with Gasteiger partial charge in [0.15, 0.2) is 0 Å². The maximum Gasteiger partial charge on any atom is 0.145 e. The van der Waals surface area contributed by atoms with Crippen LogP contribution >= 0.6 is 0 Å². The van der Waals surface area contributed by atoms with E-state index in [1.54, 1.807) is 0 Å². The minimum absolute atomic E-state index is 1.08. The number of fused-ring (bicyclic) bond motifs is 1. The lowest BCUT2D eigenvalue weighted by Crippen LogP contribution is -2.07. The summed E-state index contributed by atoms with van der Waals surface area (Å²) in [5, 5.41) is 0. The van der Waals surface area contributed by atoms with Crippen molar-refractivity contribution in [2.45, 2.75) is 25.7 Å². The number of rotatable bonds is 2. The second-order valence-electron chi connectivity index (χ2n) is 5.57. The normalized spacial score (nSPS) is 13.9. The van der Waals surface area contributed by atoms with E-state index in [4.69, 9.17) is 4.98 Å². The number of benzene rings is 2. The third kappa shape index (κ3) is 2.17. The fourth-order valence-corrected chi connectivity index (χ4v) is 3.18. The third-order valence-electron chi connectivity index (χ3n) is 4.18. The highest BCUT2D eigenvalue weighted by Gasteiger charge is 2.21. The van der Waals surface area contributed by atoms with Crippen LogP contribution in [-0.2, 0) is 12.8 Å². The Morgan fingerprint density at radius 1 is 0.762 bits per heavy atom. The molecule has 4 rings (SSSR count). The number of hydrogen-bond acceptors (Lipinski definition) is 1. The zero-order valence-electron chi connectivity index (χ0n) is 12.0. The van der Waals surface area contributed by atoms with E-state index < -0.39 is 0 Å². The van der Waals surface area contributed by atoms with E-state index >= 15 is 0 Å². The Bertz CT molecular complexity index is 742. The summed E-state index contributed by atoms with van der Waals surface area (Å²) in [6.45, 7) is 0. The van der Waals surface area contributed by atoms with E-state index in [-0.39, 0.29) is 0 Å². The predicted octanol–water partition coefficient (Wildman–Crippen LogP) is 4.42. The summed E-state index contributed by atoms with van der Waals surface area (Å²) in [4.78, 5) is 4.96. The molecule has 2 aromatic carbocycles. The van der Waals surface area contributed by atoms with Gasteiger partial charge in [-0.1, -0.05) is 48.5 Å². The first-order valence-corrected chi connectivity index (χ1v) is 7.65. The zero-order chi connectivity index (χ0) is 14.1. The molecule has 0 radical (unpaired) electrons. The quantitative estimate of drug-likeness (QED) is 0.676. The van der Waals surface area contributed by atoms with Crippen LogP contribution in [-0.4, -0.2) is 9.55 Å². The number of aryl methyl sites for hydroxylation is 1. The molecule has 1 heterocycles. The Kier molecular flexibility index (Phi) is 3.07. The van der Waals surface area contributed by atoms with Crippen LogP contribution < -0.4 is 0 Å². The maximum atomic E-state index is 4.96. The van der Waals surface area contributed by atoms with Gasteiger partial charge in [-0.2, -0.15) is 0 Å². The van der Waals surface area contributed by atoms with Crippen LogP contribution in [0.25, 0.3) is 17.1 Å². The molecule has 0 saturated heterocycles. The molecule has 0 saturated carbocycles. The second-order valence-corrected chi connectivity index (χ2v) is 5.57. The maximum absolute atomic E-state index is 4.96. The van der Waals surface area contributed by atoms with Crippen molar-refractivity contribution in [1.29, 1.82) is 0 Å². The van der Waals surface area contributed by atoms with Crippen LogP contribution in [0.15, 0.2) is 60.7 Å². The molecule has 0 bridgehead atoms. The van der Waals surface area contributed by atoms with Crippen molar-refractivity contribution in [3.05, 3.63) is 72.1 Å². The summed E-state index contributed by atoms with van der Waals surface area (Å²) in [7, 11) is 0. The molecule has 0 fully saturated rings. The van der Waals surface area contributed by atoms with Gasteiger partial charge in [0.25, 0.3) is 0 Å². The van der Waals surface area contributed by atoms with E-state index in [9.17, 15) is 0 Å². The largest absolute Gasteiger partial charge is 0.296 e. The van der Waals surface area contributed by atoms with Gasteiger partial charge in [-0.3, -0.25) is 4.57 Å². The van der Waals surface area contributed by atoms with Crippen molar-refractivity contribution in [2.75, 3.05) is 0 Å². The van der Waals surface area contributed by atoms with E-state index in [2.05, 4.69) is 65.2 Å². The number of nitrogens with zero attached hydrogens (tertiary/aromatic N) is 2. The molecule has 0 N–H and O–H groups in total. The fraction of sp³-hybridized carbons (Fsp3) is 0.211. The molecule has 0 spiro atoms. The molecule has 0 aliphatic heterocycles. The topological polar surface area (TPSA) is 17.8 Å². The van der Waals surface area contributed by atoms with Gasteiger partial charge in [0.05, 0.1) is 5.69 Å². The molecule has 3 aromatic rings. The molecule has 0 amide bonds. The number of para-hydroxylation sites is 1. The van der Waals surface area contributed by atoms with Gasteiger partial charge in [-0.15, -0.1) is 0 Å². The number of hydrogen-bond donors (Lipinski definition) is 0. The highest BCUT2D eigenvalue weighted by molar-refractivity contribution is 5.60. The lowest BCUT2D eigenvalue weighted by atomic mass is 10.0. The highest BCUT2D eigenvalue weighted by Crippen LogP contribution is 2.30. The van der Waals surface area contributed by atoms with E-state index in [0.29, 0.717) is 0 Å². The van der Waals surface area contributed by atoms with Crippen LogP contribution in [0.2, 0.25) is 0 Å². The molecular formula is C19H18N2. The monoisotopic (exact) mass is 274 g/mol. The van der Waals surface area contributed by atoms with Crippen molar-refractivity contribution in [1.82, 2.24) is 9.55 Å². The van der Waals surface area contributed by atoms with Crippen molar-refractivity contribution < 1.29 is 0 Å². The number of aromatic nitrogens is 2. The number of imidazole rings is 1. The molecule has 1 aliphatic rings. The lowest BCUT2D eigenvalue weighted by molar-refractivity contribution is 0.656. The summed E-state index contributed by atoms with van der Waals surface area (Å²) in [6, 6.07) is 21.1. The van der Waals surface area contributed by atoms with Crippen LogP contribution in [0.1, 0.15) is 24.2 Å². The molecule has 1 aromatic heterocycles. The molecule has 21 heavy (non-hydrogen) atoms. The Labute approximate surface area is 125 Å². The summed E-state index contributed by atoms with van der Waals surface area (Å²) < 4.78 is 2.35. The average molecular weight is 274 g/mol. The Balaban J connectivity index is 1.96. The minimum atomic E-state index is 1.08. The van der Waals surface area contributed by atoms with Crippen LogP contribution in [0.4, 0.5) is 0 Å². The van der Waals surface area contributed by atoms with Crippen LogP contribution in [0.3, 0.4) is 0 Å². The van der Waals surface area contributed by atoms with E-state index in [1.165, 1.54) is 35.5 Å². The molecule has 0 atom stereocenters. The molecule has 0 unspecified atom stereocenters. The van der Waals surface area contributed by atoms with Crippen LogP contribution in [0, 0.1) is 0 Å². The predicted molar refractivity (Wildman–Crippen MR) is 85.6 cm³/mol. The minimum Gasteiger partial charge on any atom is -0.296 e. The summed E-state index contributed by atoms with van der Waals surface area (Å²) in [6.07, 6.45) is 4.76. The SMILES string of the molecule is c1ccc(-c2nc3c(n2-c2ccccc2)CCCC3)cc1. The smallest absolute Gasteiger partial charge is 0.145 e. The fourth-order valence-electron chi connectivity index (χ4n) is 3.18. The van der Waals surface area contributed by atoms with Gasteiger partial charge in [0.2, 0.25) is 0 Å². The first-order valence-electron chi connectivity index (χ1n) is 7.65. The summed E-state index contributed by atoms with van der Waals surface area (Å²) in [5.74, 6) is 1.08. The van der Waals surface area contributed by atoms with Crippen molar-refractivity contribution in [3.8, 4) is 17.1 Å². The van der Waals surface area contributed by atoms with Crippen molar-refractivity contribution in [2.24, 2.45) is 0 Å². The van der Waals surface area contributed by atoms with Crippen molar-refractivity contribution >= 4 is 0 Å². The third-order valence-corrected chi connectivity index (χ3v) is 4.18. The lowest BCUT2D eigenvalue weighted by Gasteiger charge is -2.15. The zero-order valence-corrected chi connectivity index (χ0v) is 12.0. The summed E-state index contributed by atoms with van der Waals surface area (Å²) in [5.41, 5.74) is 5.08. The molecule has 1 aliphatic carbocycles. The van der Waals surface area contributed by atoms with Gasteiger partial charge >= 0.3 is 0 Å². The van der Waals surface area contributed by atoms with E-state index in [0.717, 1.165) is 18.7 Å². The van der Waals surface area contributed by atoms with Crippen molar-refractivity contribution in [3.63, 3.8) is 0 Å². The van der Waals surface area contributed by atoms with Gasteiger partial charge in [-0.25, -0.2) is 4.98 Å². The van der Waals surface area contributed by atoms with Crippen LogP contribution in [0.5, 0.6) is 0 Å². The highest BCUT2D eigenvalue weighted by atomic mass is 15.1. The van der Waals surface area contributed by atoms with Gasteiger partial charge in [-0.05, 0) is 37.8 Å². The van der Waals surface area contributed by atoms with Gasteiger partial charge in [0, 0.05) is 16.9 Å². The first-order chi connectivity index (χ1) is 10.4. The van der Waals surface area contributed by atoms with E-state index in [1.807, 2.05) is 0 Å². The standard InChI is InChI=1S/C19H18N2/c1-3-9-15(10-4-1)19-20-17-13-7-8-14-18(17)21(19)16-11-5-2-6-12-16/h1-6,9-12H,7-8,13-14H2. The molecule has 2 heteroatoms. The average Bonchev–Trinajstić information content (AvgIpc) is 2.96. The molecular weight excluding hydrogens is 256 g/mol. The first kappa shape index (κ1) is 12.4. The Hall–Kier alpha value is -2.35. The Morgan fingerprint density at radius 2 is 1.43 bits per heavy atom.